The Kier molecular flexibility index (Phi) is 5.64. The Balaban J connectivity index is 2.09. The van der Waals surface area contributed by atoms with E-state index >= 15 is 0 Å². The number of carbonyl (C=O) groups excluding carboxylic acids is 1. The Hall–Kier alpha value is -0.730. The van der Waals surface area contributed by atoms with E-state index in [2.05, 4.69) is 11.4 Å². The lowest BCUT2D eigenvalue weighted by molar-refractivity contribution is -0.131. The first-order valence-corrected chi connectivity index (χ1v) is 6.79. The predicted octanol–water partition coefficient (Wildman–Crippen LogP) is 0.912. The zero-order valence-electron chi connectivity index (χ0n) is 9.37. The molecule has 1 aliphatic carbocycles. The summed E-state index contributed by atoms with van der Waals surface area (Å²) in [7, 11) is 0. The second-order valence-electron chi connectivity index (χ2n) is 3.99. The molecule has 2 N–H and O–H groups in total. The number of thioether (sulfide) groups is 1. The van der Waals surface area contributed by atoms with Crippen molar-refractivity contribution in [1.29, 1.82) is 5.26 Å². The number of rotatable bonds is 7. The molecular weight excluding hydrogens is 224 g/mol. The third-order valence-electron chi connectivity index (χ3n) is 2.83. The molecule has 0 unspecified atom stereocenters. The van der Waals surface area contributed by atoms with E-state index in [1.807, 2.05) is 0 Å². The number of amides is 1. The van der Waals surface area contributed by atoms with Gasteiger partial charge in [0, 0.05) is 18.9 Å². The SMILES string of the molecule is N#CC1(C(=O)NCCSCCCO)CCC1. The molecule has 1 fully saturated rings. The number of nitrogens with zero attached hydrogens (tertiary/aromatic N) is 1. The average Bonchev–Trinajstić information content (AvgIpc) is 2.22. The summed E-state index contributed by atoms with van der Waals surface area (Å²) in [5.74, 6) is 1.65. The molecule has 90 valence electrons. The van der Waals surface area contributed by atoms with Crippen LogP contribution in [0.5, 0.6) is 0 Å². The van der Waals surface area contributed by atoms with Crippen LogP contribution in [0.3, 0.4) is 0 Å². The minimum absolute atomic E-state index is 0.107. The van der Waals surface area contributed by atoms with Crippen LogP contribution in [0, 0.1) is 16.7 Å². The van der Waals surface area contributed by atoms with E-state index in [0.29, 0.717) is 19.4 Å². The number of aliphatic hydroxyl groups is 1. The van der Waals surface area contributed by atoms with Crippen molar-refractivity contribution in [3.8, 4) is 6.07 Å². The van der Waals surface area contributed by atoms with Crippen molar-refractivity contribution in [2.24, 2.45) is 5.41 Å². The summed E-state index contributed by atoms with van der Waals surface area (Å²) in [4.78, 5) is 11.7. The van der Waals surface area contributed by atoms with Crippen molar-refractivity contribution in [2.75, 3.05) is 24.7 Å². The molecule has 0 aromatic heterocycles. The fourth-order valence-corrected chi connectivity index (χ4v) is 2.38. The Morgan fingerprint density at radius 3 is 2.75 bits per heavy atom. The number of hydrogen-bond acceptors (Lipinski definition) is 4. The predicted molar refractivity (Wildman–Crippen MR) is 63.9 cm³/mol. The molecule has 16 heavy (non-hydrogen) atoms. The summed E-state index contributed by atoms with van der Waals surface area (Å²) in [5.41, 5.74) is -0.726. The average molecular weight is 242 g/mol. The highest BCUT2D eigenvalue weighted by molar-refractivity contribution is 7.99. The molecule has 0 saturated heterocycles. The van der Waals surface area contributed by atoms with Crippen molar-refractivity contribution >= 4 is 17.7 Å². The van der Waals surface area contributed by atoms with E-state index in [9.17, 15) is 4.79 Å². The van der Waals surface area contributed by atoms with Crippen LogP contribution in [-0.2, 0) is 4.79 Å². The Morgan fingerprint density at radius 1 is 1.50 bits per heavy atom. The number of nitrogens with one attached hydrogen (secondary N) is 1. The summed E-state index contributed by atoms with van der Waals surface area (Å²) >= 11 is 1.71. The Labute approximate surface area is 100 Å². The van der Waals surface area contributed by atoms with Gasteiger partial charge in [0.05, 0.1) is 6.07 Å². The molecule has 1 saturated carbocycles. The van der Waals surface area contributed by atoms with Crippen LogP contribution >= 0.6 is 11.8 Å². The number of carbonyl (C=O) groups is 1. The molecule has 0 atom stereocenters. The standard InChI is InChI=1S/C11H18N2O2S/c12-9-11(3-1-4-11)10(15)13-5-8-16-7-2-6-14/h14H,1-8H2,(H,13,15). The van der Waals surface area contributed by atoms with Crippen molar-refractivity contribution < 1.29 is 9.90 Å². The number of aliphatic hydroxyl groups excluding tert-OH is 1. The van der Waals surface area contributed by atoms with Crippen LogP contribution in [0.15, 0.2) is 0 Å². The summed E-state index contributed by atoms with van der Waals surface area (Å²) in [6.45, 7) is 0.829. The number of nitriles is 1. The fourth-order valence-electron chi connectivity index (χ4n) is 1.59. The van der Waals surface area contributed by atoms with Crippen molar-refractivity contribution in [3.63, 3.8) is 0 Å². The highest BCUT2D eigenvalue weighted by atomic mass is 32.2. The number of hydrogen-bond donors (Lipinski definition) is 2. The lowest BCUT2D eigenvalue weighted by Crippen LogP contribution is -2.45. The normalized spacial score (nSPS) is 17.2. The zero-order valence-corrected chi connectivity index (χ0v) is 10.2. The summed E-state index contributed by atoms with van der Waals surface area (Å²) in [5, 5.41) is 20.3. The largest absolute Gasteiger partial charge is 0.396 e. The molecule has 4 nitrogen and oxygen atoms in total. The minimum atomic E-state index is -0.726. The van der Waals surface area contributed by atoms with Gasteiger partial charge in [-0.3, -0.25) is 4.79 Å². The monoisotopic (exact) mass is 242 g/mol. The van der Waals surface area contributed by atoms with Crippen LogP contribution in [-0.4, -0.2) is 35.7 Å². The van der Waals surface area contributed by atoms with Gasteiger partial charge in [-0.25, -0.2) is 0 Å². The van der Waals surface area contributed by atoms with Gasteiger partial charge in [-0.2, -0.15) is 17.0 Å². The molecule has 5 heteroatoms. The van der Waals surface area contributed by atoms with Crippen LogP contribution in [0.1, 0.15) is 25.7 Å². The molecule has 0 bridgehead atoms. The lowest BCUT2D eigenvalue weighted by Gasteiger charge is -2.33. The molecule has 0 heterocycles. The summed E-state index contributed by atoms with van der Waals surface area (Å²) in [6.07, 6.45) is 3.17. The smallest absolute Gasteiger partial charge is 0.240 e. The molecule has 0 aromatic rings. The molecule has 0 aromatic carbocycles. The highest BCUT2D eigenvalue weighted by Crippen LogP contribution is 2.40. The molecule has 1 amide bonds. The van der Waals surface area contributed by atoms with E-state index in [-0.39, 0.29) is 12.5 Å². The third kappa shape index (κ3) is 3.39. The van der Waals surface area contributed by atoms with Gasteiger partial charge in [-0.15, -0.1) is 0 Å². The maximum atomic E-state index is 11.7. The topological polar surface area (TPSA) is 73.1 Å². The first-order chi connectivity index (χ1) is 7.75. The molecule has 0 aliphatic heterocycles. The summed E-state index contributed by atoms with van der Waals surface area (Å²) < 4.78 is 0. The minimum Gasteiger partial charge on any atom is -0.396 e. The first kappa shape index (κ1) is 13.3. The van der Waals surface area contributed by atoms with Crippen molar-refractivity contribution in [2.45, 2.75) is 25.7 Å². The van der Waals surface area contributed by atoms with Gasteiger partial charge in [0.1, 0.15) is 5.41 Å². The van der Waals surface area contributed by atoms with Crippen LogP contribution in [0.4, 0.5) is 0 Å². The molecule has 1 rings (SSSR count). The molecule has 0 spiro atoms. The second kappa shape index (κ2) is 6.77. The molecular formula is C11H18N2O2S. The van der Waals surface area contributed by atoms with Crippen LogP contribution in [0.2, 0.25) is 0 Å². The Bertz CT molecular complexity index is 272. The second-order valence-corrected chi connectivity index (χ2v) is 5.22. The van der Waals surface area contributed by atoms with Gasteiger partial charge < -0.3 is 10.4 Å². The van der Waals surface area contributed by atoms with Crippen molar-refractivity contribution in [3.05, 3.63) is 0 Å². The Morgan fingerprint density at radius 2 is 2.25 bits per heavy atom. The van der Waals surface area contributed by atoms with Gasteiger partial charge in [-0.05, 0) is 31.4 Å². The van der Waals surface area contributed by atoms with Gasteiger partial charge in [0.15, 0.2) is 0 Å². The molecule has 0 radical (unpaired) electrons. The van der Waals surface area contributed by atoms with Gasteiger partial charge in [0.25, 0.3) is 0 Å². The molecule has 1 aliphatic rings. The van der Waals surface area contributed by atoms with E-state index in [0.717, 1.165) is 24.3 Å². The van der Waals surface area contributed by atoms with Crippen LogP contribution < -0.4 is 5.32 Å². The first-order valence-electron chi connectivity index (χ1n) is 5.63. The maximum absolute atomic E-state index is 11.7. The lowest BCUT2D eigenvalue weighted by atomic mass is 9.69. The fraction of sp³-hybridized carbons (Fsp3) is 0.818. The van der Waals surface area contributed by atoms with E-state index < -0.39 is 5.41 Å². The van der Waals surface area contributed by atoms with E-state index in [1.54, 1.807) is 11.8 Å². The van der Waals surface area contributed by atoms with Gasteiger partial charge in [0.2, 0.25) is 5.91 Å². The van der Waals surface area contributed by atoms with E-state index in [1.165, 1.54) is 0 Å². The zero-order chi connectivity index (χ0) is 11.9. The van der Waals surface area contributed by atoms with Crippen molar-refractivity contribution in [1.82, 2.24) is 5.32 Å². The third-order valence-corrected chi connectivity index (χ3v) is 3.90. The van der Waals surface area contributed by atoms with Gasteiger partial charge >= 0.3 is 0 Å². The quantitative estimate of drug-likeness (QED) is 0.651. The highest BCUT2D eigenvalue weighted by Gasteiger charge is 2.44. The maximum Gasteiger partial charge on any atom is 0.240 e. The van der Waals surface area contributed by atoms with Gasteiger partial charge in [-0.1, -0.05) is 0 Å². The van der Waals surface area contributed by atoms with E-state index in [4.69, 9.17) is 10.4 Å². The summed E-state index contributed by atoms with van der Waals surface area (Å²) in [6, 6.07) is 2.12. The van der Waals surface area contributed by atoms with Crippen LogP contribution in [0.25, 0.3) is 0 Å².